The molecule has 0 saturated carbocycles. The fourth-order valence-corrected chi connectivity index (χ4v) is 4.94. The van der Waals surface area contributed by atoms with E-state index < -0.39 is 0 Å². The maximum atomic E-state index is 12.8. The molecule has 0 aliphatic carbocycles. The second kappa shape index (κ2) is 5.99. The van der Waals surface area contributed by atoms with Crippen molar-refractivity contribution in [1.82, 2.24) is 14.8 Å². The van der Waals surface area contributed by atoms with Crippen LogP contribution in [0, 0.1) is 0 Å². The minimum atomic E-state index is -0.336. The molecule has 1 aromatic heterocycles. The Morgan fingerprint density at radius 3 is 2.69 bits per heavy atom. The number of nitrogens with one attached hydrogen (secondary N) is 1. The van der Waals surface area contributed by atoms with Gasteiger partial charge < -0.3 is 5.32 Å². The van der Waals surface area contributed by atoms with Gasteiger partial charge in [-0.05, 0) is 30.7 Å². The lowest BCUT2D eigenvalue weighted by Gasteiger charge is -2.43. The molecule has 0 radical (unpaired) electrons. The molecule has 0 unspecified atom stereocenters. The Hall–Kier alpha value is -2.60. The van der Waals surface area contributed by atoms with E-state index in [2.05, 4.69) is 16.4 Å². The van der Waals surface area contributed by atoms with E-state index in [9.17, 15) is 4.79 Å². The molecule has 6 heteroatoms. The van der Waals surface area contributed by atoms with Crippen molar-refractivity contribution >= 4 is 17.4 Å². The highest BCUT2D eigenvalue weighted by atomic mass is 32.2. The Balaban J connectivity index is 1.78. The first-order valence-electron chi connectivity index (χ1n) is 8.79. The average Bonchev–Trinajstić information content (AvgIpc) is 2.69. The van der Waals surface area contributed by atoms with E-state index in [4.69, 9.17) is 5.10 Å². The zero-order valence-electron chi connectivity index (χ0n) is 14.2. The zero-order valence-corrected chi connectivity index (χ0v) is 15.0. The minimum absolute atomic E-state index is 0.280. The number of fused-ring (bicyclic) bond motifs is 4. The van der Waals surface area contributed by atoms with E-state index in [0.29, 0.717) is 11.5 Å². The molecule has 0 bridgehead atoms. The fourth-order valence-electron chi connectivity index (χ4n) is 3.77. The summed E-state index contributed by atoms with van der Waals surface area (Å²) in [5, 5.41) is 8.53. The van der Waals surface area contributed by atoms with E-state index in [-0.39, 0.29) is 11.2 Å². The highest BCUT2D eigenvalue weighted by Crippen LogP contribution is 2.42. The van der Waals surface area contributed by atoms with Crippen LogP contribution in [-0.4, -0.2) is 26.3 Å². The normalized spacial score (nSPS) is 20.9. The molecule has 2 aromatic carbocycles. The lowest BCUT2D eigenvalue weighted by Crippen LogP contribution is -2.51. The van der Waals surface area contributed by atoms with Gasteiger partial charge in [-0.15, -0.1) is 0 Å². The predicted molar refractivity (Wildman–Crippen MR) is 105 cm³/mol. The maximum Gasteiger partial charge on any atom is 0.300 e. The number of thioether (sulfide) groups is 1. The number of benzene rings is 2. The van der Waals surface area contributed by atoms with Crippen molar-refractivity contribution in [3.05, 3.63) is 65.0 Å². The summed E-state index contributed by atoms with van der Waals surface area (Å²) in [6.07, 6.45) is 2.07. The summed E-state index contributed by atoms with van der Waals surface area (Å²) in [5.74, 6) is 2.71. The first kappa shape index (κ1) is 15.6. The van der Waals surface area contributed by atoms with E-state index in [1.54, 1.807) is 0 Å². The van der Waals surface area contributed by atoms with Gasteiger partial charge in [-0.1, -0.05) is 42.5 Å². The van der Waals surface area contributed by atoms with Crippen molar-refractivity contribution in [2.45, 2.75) is 18.5 Å². The van der Waals surface area contributed by atoms with Gasteiger partial charge in [-0.25, -0.2) is 4.68 Å². The molecule has 5 rings (SSSR count). The largest absolute Gasteiger partial charge is 0.360 e. The minimum Gasteiger partial charge on any atom is -0.360 e. The number of anilines is 1. The molecular weight excluding hydrogens is 344 g/mol. The molecule has 1 N–H and O–H groups in total. The van der Waals surface area contributed by atoms with E-state index >= 15 is 0 Å². The lowest BCUT2D eigenvalue weighted by atomic mass is 9.99. The van der Waals surface area contributed by atoms with Gasteiger partial charge in [0.2, 0.25) is 0 Å². The Labute approximate surface area is 155 Å². The predicted octanol–water partition coefficient (Wildman–Crippen LogP) is 3.58. The van der Waals surface area contributed by atoms with Gasteiger partial charge in [0.25, 0.3) is 5.56 Å². The molecule has 1 saturated heterocycles. The first-order valence-corrected chi connectivity index (χ1v) is 9.95. The summed E-state index contributed by atoms with van der Waals surface area (Å²) in [5.41, 5.74) is 2.55. The number of aromatic nitrogens is 3. The Bertz CT molecular complexity index is 1030. The van der Waals surface area contributed by atoms with Crippen LogP contribution in [0.4, 0.5) is 5.69 Å². The van der Waals surface area contributed by atoms with E-state index in [0.717, 1.165) is 41.2 Å². The standard InChI is InChI=1S/C20H18N4OS/c25-19-17(14-7-2-1-3-8-14)23-24-18(21-19)15-9-4-5-10-16(15)22-20(24)11-6-12-26-13-20/h1-5,7-10,22H,6,11-13H2/t20-/m0/s1. The molecule has 0 amide bonds. The van der Waals surface area contributed by atoms with Crippen LogP contribution in [-0.2, 0) is 5.66 Å². The Morgan fingerprint density at radius 2 is 1.88 bits per heavy atom. The Morgan fingerprint density at radius 1 is 1.08 bits per heavy atom. The van der Waals surface area contributed by atoms with Crippen LogP contribution >= 0.6 is 11.8 Å². The molecule has 1 fully saturated rings. The van der Waals surface area contributed by atoms with Crippen molar-refractivity contribution in [3.63, 3.8) is 0 Å². The summed E-state index contributed by atoms with van der Waals surface area (Å²) >= 11 is 1.92. The monoisotopic (exact) mass is 362 g/mol. The van der Waals surface area contributed by atoms with Crippen LogP contribution in [0.2, 0.25) is 0 Å². The Kier molecular flexibility index (Phi) is 3.60. The summed E-state index contributed by atoms with van der Waals surface area (Å²) in [7, 11) is 0. The third kappa shape index (κ3) is 2.36. The summed E-state index contributed by atoms with van der Waals surface area (Å²) in [6, 6.07) is 17.6. The van der Waals surface area contributed by atoms with Crippen LogP contribution in [0.15, 0.2) is 59.4 Å². The van der Waals surface area contributed by atoms with Crippen molar-refractivity contribution in [1.29, 1.82) is 0 Å². The van der Waals surface area contributed by atoms with E-state index in [1.807, 2.05) is 65.0 Å². The van der Waals surface area contributed by atoms with Gasteiger partial charge >= 0.3 is 0 Å². The van der Waals surface area contributed by atoms with E-state index in [1.165, 1.54) is 0 Å². The van der Waals surface area contributed by atoms with Gasteiger partial charge in [-0.3, -0.25) is 4.79 Å². The van der Waals surface area contributed by atoms with Crippen LogP contribution in [0.3, 0.4) is 0 Å². The van der Waals surface area contributed by atoms with Crippen molar-refractivity contribution in [2.24, 2.45) is 0 Å². The fraction of sp³-hybridized carbons (Fsp3) is 0.250. The average molecular weight is 362 g/mol. The highest BCUT2D eigenvalue weighted by Gasteiger charge is 2.41. The summed E-state index contributed by atoms with van der Waals surface area (Å²) in [4.78, 5) is 17.2. The molecule has 2 aliphatic rings. The number of nitrogens with zero attached hydrogens (tertiary/aromatic N) is 3. The maximum absolute atomic E-state index is 12.8. The summed E-state index contributed by atoms with van der Waals surface area (Å²) < 4.78 is 1.96. The highest BCUT2D eigenvalue weighted by molar-refractivity contribution is 7.99. The quantitative estimate of drug-likeness (QED) is 0.717. The SMILES string of the molecule is O=c1nc2n(nc1-c1ccccc1)[C@]1(CCCSC1)Nc1ccccc1-2. The van der Waals surface area contributed by atoms with Gasteiger partial charge in [0.1, 0.15) is 5.66 Å². The van der Waals surface area contributed by atoms with Crippen molar-refractivity contribution < 1.29 is 0 Å². The number of para-hydroxylation sites is 1. The molecule has 1 atom stereocenters. The molecule has 3 heterocycles. The molecule has 1 spiro atoms. The molecule has 3 aromatic rings. The van der Waals surface area contributed by atoms with Crippen LogP contribution < -0.4 is 10.9 Å². The number of rotatable bonds is 1. The molecule has 26 heavy (non-hydrogen) atoms. The second-order valence-corrected chi connectivity index (χ2v) is 7.83. The third-order valence-electron chi connectivity index (χ3n) is 5.02. The molecular formula is C20H18N4OS. The van der Waals surface area contributed by atoms with Crippen LogP contribution in [0.1, 0.15) is 12.8 Å². The van der Waals surface area contributed by atoms with Crippen LogP contribution in [0.25, 0.3) is 22.6 Å². The molecule has 5 nitrogen and oxygen atoms in total. The summed E-state index contributed by atoms with van der Waals surface area (Å²) in [6.45, 7) is 0. The molecule has 2 aliphatic heterocycles. The van der Waals surface area contributed by atoms with Crippen LogP contribution in [0.5, 0.6) is 0 Å². The number of hydrogen-bond donors (Lipinski definition) is 1. The van der Waals surface area contributed by atoms with Crippen molar-refractivity contribution in [3.8, 4) is 22.6 Å². The third-order valence-corrected chi connectivity index (χ3v) is 6.28. The zero-order chi connectivity index (χ0) is 17.6. The smallest absolute Gasteiger partial charge is 0.300 e. The van der Waals surface area contributed by atoms with Gasteiger partial charge in [0, 0.05) is 22.6 Å². The van der Waals surface area contributed by atoms with Crippen molar-refractivity contribution in [2.75, 3.05) is 16.8 Å². The second-order valence-electron chi connectivity index (χ2n) is 6.73. The lowest BCUT2D eigenvalue weighted by molar-refractivity contribution is 0.299. The van der Waals surface area contributed by atoms with Gasteiger partial charge in [0.15, 0.2) is 11.5 Å². The first-order chi connectivity index (χ1) is 12.8. The molecule has 130 valence electrons. The van der Waals surface area contributed by atoms with Gasteiger partial charge in [-0.2, -0.15) is 21.8 Å². The topological polar surface area (TPSA) is 59.8 Å². The number of hydrogen-bond acceptors (Lipinski definition) is 5. The van der Waals surface area contributed by atoms with Gasteiger partial charge in [0.05, 0.1) is 0 Å².